The van der Waals surface area contributed by atoms with Crippen molar-refractivity contribution in [2.75, 3.05) is 0 Å². The lowest BCUT2D eigenvalue weighted by Gasteiger charge is -2.33. The summed E-state index contributed by atoms with van der Waals surface area (Å²) in [6, 6.07) is 13.6. The SMILES string of the molecule is C=C(C)CC(C)(NC(=S)NC(=O)c1ccccc1)c1ccc(F)c(Br)c1. The second-order valence-electron chi connectivity index (χ2n) is 6.37. The molecule has 1 amide bonds. The highest BCUT2D eigenvalue weighted by Crippen LogP contribution is 2.30. The molecule has 0 aromatic heterocycles. The first kappa shape index (κ1) is 20.3. The fraction of sp³-hybridized carbons (Fsp3) is 0.200. The summed E-state index contributed by atoms with van der Waals surface area (Å²) in [6.45, 7) is 7.80. The van der Waals surface area contributed by atoms with Crippen LogP contribution in [0.3, 0.4) is 0 Å². The van der Waals surface area contributed by atoms with Gasteiger partial charge >= 0.3 is 0 Å². The molecule has 0 aliphatic rings. The van der Waals surface area contributed by atoms with Gasteiger partial charge in [0.1, 0.15) is 5.82 Å². The second-order valence-corrected chi connectivity index (χ2v) is 7.63. The molecule has 0 radical (unpaired) electrons. The molecule has 0 saturated heterocycles. The molecule has 136 valence electrons. The zero-order chi connectivity index (χ0) is 19.3. The number of benzene rings is 2. The highest BCUT2D eigenvalue weighted by molar-refractivity contribution is 9.10. The zero-order valence-corrected chi connectivity index (χ0v) is 17.0. The summed E-state index contributed by atoms with van der Waals surface area (Å²) in [7, 11) is 0. The Bertz CT molecular complexity index is 841. The molecule has 0 aliphatic heterocycles. The minimum atomic E-state index is -0.650. The van der Waals surface area contributed by atoms with Gasteiger partial charge < -0.3 is 5.32 Å². The normalized spacial score (nSPS) is 12.8. The molecular weight excluding hydrogens is 415 g/mol. The van der Waals surface area contributed by atoms with Gasteiger partial charge in [-0.25, -0.2) is 4.39 Å². The van der Waals surface area contributed by atoms with Crippen molar-refractivity contribution in [2.45, 2.75) is 25.8 Å². The second kappa shape index (κ2) is 8.56. The highest BCUT2D eigenvalue weighted by atomic mass is 79.9. The van der Waals surface area contributed by atoms with Crippen LogP contribution < -0.4 is 10.6 Å². The number of carbonyl (C=O) groups is 1. The molecule has 3 nitrogen and oxygen atoms in total. The van der Waals surface area contributed by atoms with Crippen LogP contribution in [0.2, 0.25) is 0 Å². The molecule has 0 bridgehead atoms. The lowest BCUT2D eigenvalue weighted by atomic mass is 9.86. The summed E-state index contributed by atoms with van der Waals surface area (Å²) in [5.41, 5.74) is 1.62. The van der Waals surface area contributed by atoms with Crippen molar-refractivity contribution in [3.05, 3.63) is 82.1 Å². The predicted molar refractivity (Wildman–Crippen MR) is 111 cm³/mol. The first-order valence-electron chi connectivity index (χ1n) is 8.00. The molecule has 2 rings (SSSR count). The lowest BCUT2D eigenvalue weighted by Crippen LogP contribution is -2.49. The van der Waals surface area contributed by atoms with Crippen molar-refractivity contribution in [1.82, 2.24) is 10.6 Å². The molecule has 1 atom stereocenters. The molecule has 0 fully saturated rings. The lowest BCUT2D eigenvalue weighted by molar-refractivity contribution is 0.0976. The van der Waals surface area contributed by atoms with Gasteiger partial charge in [-0.05, 0) is 78.2 Å². The fourth-order valence-corrected chi connectivity index (χ4v) is 3.40. The Balaban J connectivity index is 2.21. The summed E-state index contributed by atoms with van der Waals surface area (Å²) >= 11 is 8.55. The predicted octanol–water partition coefficient (Wildman–Crippen LogP) is 5.07. The maximum Gasteiger partial charge on any atom is 0.257 e. The van der Waals surface area contributed by atoms with E-state index in [1.165, 1.54) is 6.07 Å². The third kappa shape index (κ3) is 5.22. The van der Waals surface area contributed by atoms with Gasteiger partial charge in [0.2, 0.25) is 0 Å². The van der Waals surface area contributed by atoms with Gasteiger partial charge in [-0.2, -0.15) is 0 Å². The molecule has 0 spiro atoms. The average molecular weight is 435 g/mol. The molecular formula is C20H20BrFN2OS. The summed E-state index contributed by atoms with van der Waals surface area (Å²) in [4.78, 5) is 12.3. The average Bonchev–Trinajstić information content (AvgIpc) is 2.57. The smallest absolute Gasteiger partial charge is 0.257 e. The van der Waals surface area contributed by atoms with E-state index in [4.69, 9.17) is 12.2 Å². The summed E-state index contributed by atoms with van der Waals surface area (Å²) < 4.78 is 14.0. The van der Waals surface area contributed by atoms with E-state index < -0.39 is 5.54 Å². The molecule has 26 heavy (non-hydrogen) atoms. The minimum absolute atomic E-state index is 0.197. The van der Waals surface area contributed by atoms with E-state index in [-0.39, 0.29) is 16.8 Å². The Kier molecular flexibility index (Phi) is 6.67. The van der Waals surface area contributed by atoms with E-state index in [2.05, 4.69) is 33.1 Å². The third-order valence-corrected chi connectivity index (χ3v) is 4.68. The standard InChI is InChI=1S/C20H20BrFN2OS/c1-13(2)12-20(3,15-9-10-17(22)16(21)11-15)24-19(26)23-18(25)14-7-5-4-6-8-14/h4-11H,1,12H2,2-3H3,(H2,23,24,25,26). The number of rotatable bonds is 5. The van der Waals surface area contributed by atoms with Crippen LogP contribution in [0.4, 0.5) is 4.39 Å². The van der Waals surface area contributed by atoms with Crippen LogP contribution in [0.1, 0.15) is 36.2 Å². The van der Waals surface area contributed by atoms with Crippen molar-refractivity contribution >= 4 is 39.2 Å². The van der Waals surface area contributed by atoms with Gasteiger partial charge in [0.25, 0.3) is 5.91 Å². The summed E-state index contributed by atoms with van der Waals surface area (Å²) in [5, 5.41) is 6.07. The number of amides is 1. The molecule has 0 heterocycles. The summed E-state index contributed by atoms with van der Waals surface area (Å²) in [5.74, 6) is -0.632. The van der Waals surface area contributed by atoms with E-state index in [9.17, 15) is 9.18 Å². The Hall–Kier alpha value is -2.05. The van der Waals surface area contributed by atoms with Crippen molar-refractivity contribution in [1.29, 1.82) is 0 Å². The van der Waals surface area contributed by atoms with Crippen molar-refractivity contribution in [3.8, 4) is 0 Å². The van der Waals surface area contributed by atoms with Gasteiger partial charge in [0.05, 0.1) is 10.0 Å². The Morgan fingerprint density at radius 2 is 1.92 bits per heavy atom. The molecule has 2 aromatic rings. The molecule has 2 aromatic carbocycles. The minimum Gasteiger partial charge on any atom is -0.353 e. The van der Waals surface area contributed by atoms with E-state index in [1.807, 2.05) is 19.9 Å². The van der Waals surface area contributed by atoms with Crippen LogP contribution >= 0.6 is 28.1 Å². The van der Waals surface area contributed by atoms with Crippen LogP contribution in [-0.4, -0.2) is 11.0 Å². The van der Waals surface area contributed by atoms with Gasteiger partial charge in [-0.15, -0.1) is 6.58 Å². The van der Waals surface area contributed by atoms with Gasteiger partial charge in [-0.3, -0.25) is 10.1 Å². The number of carbonyl (C=O) groups excluding carboxylic acids is 1. The Morgan fingerprint density at radius 1 is 1.27 bits per heavy atom. The third-order valence-electron chi connectivity index (χ3n) is 3.86. The highest BCUT2D eigenvalue weighted by Gasteiger charge is 2.28. The number of thiocarbonyl (C=S) groups is 1. The van der Waals surface area contributed by atoms with Crippen LogP contribution in [-0.2, 0) is 5.54 Å². The Morgan fingerprint density at radius 3 is 2.50 bits per heavy atom. The van der Waals surface area contributed by atoms with Crippen LogP contribution in [0.15, 0.2) is 65.2 Å². The van der Waals surface area contributed by atoms with Crippen LogP contribution in [0.25, 0.3) is 0 Å². The van der Waals surface area contributed by atoms with Crippen molar-refractivity contribution in [3.63, 3.8) is 0 Å². The zero-order valence-electron chi connectivity index (χ0n) is 14.6. The quantitative estimate of drug-likeness (QED) is 0.509. The van der Waals surface area contributed by atoms with Crippen LogP contribution in [0, 0.1) is 5.82 Å². The number of hydrogen-bond acceptors (Lipinski definition) is 2. The number of halogens is 2. The Labute approximate surface area is 166 Å². The van der Waals surface area contributed by atoms with E-state index >= 15 is 0 Å². The number of hydrogen-bond donors (Lipinski definition) is 2. The first-order chi connectivity index (χ1) is 12.2. The van der Waals surface area contributed by atoms with Crippen molar-refractivity contribution in [2.24, 2.45) is 0 Å². The van der Waals surface area contributed by atoms with Gasteiger partial charge in [0.15, 0.2) is 5.11 Å². The maximum absolute atomic E-state index is 13.6. The van der Waals surface area contributed by atoms with Crippen molar-refractivity contribution < 1.29 is 9.18 Å². The van der Waals surface area contributed by atoms with Gasteiger partial charge in [0, 0.05) is 5.56 Å². The molecule has 0 saturated carbocycles. The largest absolute Gasteiger partial charge is 0.353 e. The fourth-order valence-electron chi connectivity index (χ4n) is 2.71. The van der Waals surface area contributed by atoms with Gasteiger partial charge in [-0.1, -0.05) is 29.8 Å². The first-order valence-corrected chi connectivity index (χ1v) is 9.20. The monoisotopic (exact) mass is 434 g/mol. The van der Waals surface area contributed by atoms with E-state index in [0.29, 0.717) is 16.5 Å². The molecule has 2 N–H and O–H groups in total. The number of nitrogens with one attached hydrogen (secondary N) is 2. The molecule has 0 aliphatic carbocycles. The molecule has 1 unspecified atom stereocenters. The molecule has 6 heteroatoms. The van der Waals surface area contributed by atoms with Crippen LogP contribution in [0.5, 0.6) is 0 Å². The maximum atomic E-state index is 13.6. The summed E-state index contributed by atoms with van der Waals surface area (Å²) in [6.07, 6.45) is 0.562. The topological polar surface area (TPSA) is 41.1 Å². The van der Waals surface area contributed by atoms with E-state index in [1.54, 1.807) is 36.4 Å². The van der Waals surface area contributed by atoms with E-state index in [0.717, 1.165) is 11.1 Å².